The minimum absolute atomic E-state index is 0.391. The molecular weight excluding hydrogens is 220 g/mol. The molecule has 0 radical (unpaired) electrons. The van der Waals surface area contributed by atoms with E-state index in [1.54, 1.807) is 0 Å². The van der Waals surface area contributed by atoms with Crippen LogP contribution in [0.3, 0.4) is 0 Å². The molecule has 2 aliphatic rings. The van der Waals surface area contributed by atoms with E-state index in [1.807, 2.05) is 0 Å². The molecule has 2 saturated carbocycles. The third-order valence-corrected chi connectivity index (χ3v) is 5.10. The first-order chi connectivity index (χ1) is 8.38. The highest BCUT2D eigenvalue weighted by Crippen LogP contribution is 2.51. The number of hydrogen-bond acceptors (Lipinski definition) is 1. The van der Waals surface area contributed by atoms with Crippen molar-refractivity contribution < 1.29 is 5.11 Å². The van der Waals surface area contributed by atoms with E-state index in [2.05, 4.69) is 27.7 Å². The van der Waals surface area contributed by atoms with E-state index in [4.69, 9.17) is 0 Å². The normalized spacial score (nSPS) is 31.8. The molecule has 1 N–H and O–H groups in total. The summed E-state index contributed by atoms with van der Waals surface area (Å²) in [7, 11) is 0. The zero-order chi connectivity index (χ0) is 13.3. The van der Waals surface area contributed by atoms with Gasteiger partial charge in [-0.25, -0.2) is 0 Å². The lowest BCUT2D eigenvalue weighted by molar-refractivity contribution is -0.0274. The Bertz CT molecular complexity index is 259. The standard InChI is InChI=1S/C17H32O/c1-12(2)9-17(18,10-13(3)4)11-16-8-14-5-6-15(16)7-14/h12-16,18H,5-11H2,1-4H3. The Morgan fingerprint density at radius 3 is 2.00 bits per heavy atom. The maximum absolute atomic E-state index is 11.0. The van der Waals surface area contributed by atoms with Gasteiger partial charge in [-0.3, -0.25) is 0 Å². The number of hydrogen-bond donors (Lipinski definition) is 1. The molecule has 0 aromatic rings. The molecule has 0 spiro atoms. The smallest absolute Gasteiger partial charge is 0.0655 e. The van der Waals surface area contributed by atoms with Gasteiger partial charge in [0.05, 0.1) is 5.60 Å². The van der Waals surface area contributed by atoms with Crippen molar-refractivity contribution in [1.82, 2.24) is 0 Å². The monoisotopic (exact) mass is 252 g/mol. The van der Waals surface area contributed by atoms with Gasteiger partial charge in [0.15, 0.2) is 0 Å². The topological polar surface area (TPSA) is 20.2 Å². The van der Waals surface area contributed by atoms with Gasteiger partial charge in [0.2, 0.25) is 0 Å². The summed E-state index contributed by atoms with van der Waals surface area (Å²) >= 11 is 0. The SMILES string of the molecule is CC(C)CC(O)(CC(C)C)CC1CC2CCC1C2. The van der Waals surface area contributed by atoms with E-state index in [-0.39, 0.29) is 0 Å². The Labute approximate surface area is 113 Å². The lowest BCUT2D eigenvalue weighted by Crippen LogP contribution is -2.36. The fourth-order valence-corrected chi connectivity index (χ4v) is 4.88. The first-order valence-corrected chi connectivity index (χ1v) is 8.10. The summed E-state index contributed by atoms with van der Waals surface area (Å²) in [6.45, 7) is 8.97. The lowest BCUT2D eigenvalue weighted by atomic mass is 9.74. The second-order valence-corrected chi connectivity index (χ2v) is 8.06. The molecule has 18 heavy (non-hydrogen) atoms. The highest BCUT2D eigenvalue weighted by atomic mass is 16.3. The van der Waals surface area contributed by atoms with Crippen LogP contribution < -0.4 is 0 Å². The van der Waals surface area contributed by atoms with E-state index in [1.165, 1.54) is 25.7 Å². The van der Waals surface area contributed by atoms with Crippen LogP contribution in [0.15, 0.2) is 0 Å². The van der Waals surface area contributed by atoms with Gasteiger partial charge in [-0.1, -0.05) is 34.1 Å². The van der Waals surface area contributed by atoms with E-state index < -0.39 is 5.60 Å². The van der Waals surface area contributed by atoms with Crippen molar-refractivity contribution >= 4 is 0 Å². The zero-order valence-electron chi connectivity index (χ0n) is 12.8. The maximum Gasteiger partial charge on any atom is 0.0655 e. The van der Waals surface area contributed by atoms with Crippen LogP contribution in [0.1, 0.15) is 72.6 Å². The number of aliphatic hydroxyl groups is 1. The molecule has 0 saturated heterocycles. The van der Waals surface area contributed by atoms with Crippen LogP contribution in [-0.2, 0) is 0 Å². The molecule has 106 valence electrons. The van der Waals surface area contributed by atoms with Gasteiger partial charge >= 0.3 is 0 Å². The van der Waals surface area contributed by atoms with Crippen molar-refractivity contribution in [3.8, 4) is 0 Å². The predicted molar refractivity (Wildman–Crippen MR) is 77.4 cm³/mol. The highest BCUT2D eigenvalue weighted by molar-refractivity contribution is 4.94. The molecular formula is C17H32O. The molecule has 2 fully saturated rings. The van der Waals surface area contributed by atoms with Crippen molar-refractivity contribution in [1.29, 1.82) is 0 Å². The fourth-order valence-electron chi connectivity index (χ4n) is 4.88. The summed E-state index contributed by atoms with van der Waals surface area (Å²) in [5.74, 6) is 3.98. The molecule has 0 aromatic carbocycles. The molecule has 3 unspecified atom stereocenters. The van der Waals surface area contributed by atoms with Gasteiger partial charge < -0.3 is 5.11 Å². The largest absolute Gasteiger partial charge is 0.390 e. The minimum Gasteiger partial charge on any atom is -0.390 e. The summed E-state index contributed by atoms with van der Waals surface area (Å²) in [5, 5.41) is 11.0. The third kappa shape index (κ3) is 3.50. The Morgan fingerprint density at radius 2 is 1.61 bits per heavy atom. The summed E-state index contributed by atoms with van der Waals surface area (Å²) in [5.41, 5.74) is -0.391. The molecule has 1 nitrogen and oxygen atoms in total. The minimum atomic E-state index is -0.391. The van der Waals surface area contributed by atoms with Gasteiger partial charge in [0.25, 0.3) is 0 Å². The van der Waals surface area contributed by atoms with Crippen molar-refractivity contribution in [2.75, 3.05) is 0 Å². The van der Waals surface area contributed by atoms with Crippen LogP contribution in [0, 0.1) is 29.6 Å². The molecule has 1 heteroatoms. The van der Waals surface area contributed by atoms with E-state index >= 15 is 0 Å². The van der Waals surface area contributed by atoms with Gasteiger partial charge in [-0.05, 0) is 68.1 Å². The number of fused-ring (bicyclic) bond motifs is 2. The average Bonchev–Trinajstić information content (AvgIpc) is 2.74. The number of rotatable bonds is 6. The Morgan fingerprint density at radius 1 is 1.00 bits per heavy atom. The second-order valence-electron chi connectivity index (χ2n) is 8.06. The lowest BCUT2D eigenvalue weighted by Gasteiger charge is -2.36. The van der Waals surface area contributed by atoms with Crippen LogP contribution in [0.2, 0.25) is 0 Å². The Hall–Kier alpha value is -0.0400. The van der Waals surface area contributed by atoms with Gasteiger partial charge in [0.1, 0.15) is 0 Å². The van der Waals surface area contributed by atoms with Crippen LogP contribution in [-0.4, -0.2) is 10.7 Å². The van der Waals surface area contributed by atoms with Gasteiger partial charge in [0, 0.05) is 0 Å². The van der Waals surface area contributed by atoms with Crippen LogP contribution >= 0.6 is 0 Å². The predicted octanol–water partition coefficient (Wildman–Crippen LogP) is 4.64. The fraction of sp³-hybridized carbons (Fsp3) is 1.00. The Kier molecular flexibility index (Phi) is 4.41. The van der Waals surface area contributed by atoms with E-state index in [9.17, 15) is 5.11 Å². The first kappa shape index (κ1) is 14.4. The highest BCUT2D eigenvalue weighted by Gasteiger charge is 2.43. The van der Waals surface area contributed by atoms with Crippen LogP contribution in [0.5, 0.6) is 0 Å². The molecule has 2 rings (SSSR count). The molecule has 0 aromatic heterocycles. The van der Waals surface area contributed by atoms with Gasteiger partial charge in [-0.2, -0.15) is 0 Å². The molecule has 3 atom stereocenters. The second kappa shape index (κ2) is 5.53. The maximum atomic E-state index is 11.0. The van der Waals surface area contributed by atoms with Crippen molar-refractivity contribution in [3.63, 3.8) is 0 Å². The average molecular weight is 252 g/mol. The summed E-state index contributed by atoms with van der Waals surface area (Å²) in [6, 6.07) is 0. The van der Waals surface area contributed by atoms with E-state index in [0.29, 0.717) is 11.8 Å². The summed E-state index contributed by atoms with van der Waals surface area (Å²) in [6.07, 6.45) is 8.82. The summed E-state index contributed by atoms with van der Waals surface area (Å²) in [4.78, 5) is 0. The molecule has 2 bridgehead atoms. The van der Waals surface area contributed by atoms with Crippen molar-refractivity contribution in [2.24, 2.45) is 29.6 Å². The molecule has 0 aliphatic heterocycles. The van der Waals surface area contributed by atoms with Crippen molar-refractivity contribution in [3.05, 3.63) is 0 Å². The molecule has 0 heterocycles. The van der Waals surface area contributed by atoms with Crippen molar-refractivity contribution in [2.45, 2.75) is 78.2 Å². The van der Waals surface area contributed by atoms with E-state index in [0.717, 1.165) is 37.0 Å². The summed E-state index contributed by atoms with van der Waals surface area (Å²) < 4.78 is 0. The first-order valence-electron chi connectivity index (χ1n) is 8.10. The third-order valence-electron chi connectivity index (χ3n) is 5.10. The molecule has 0 amide bonds. The molecule has 2 aliphatic carbocycles. The zero-order valence-corrected chi connectivity index (χ0v) is 12.8. The van der Waals surface area contributed by atoms with Crippen LogP contribution in [0.4, 0.5) is 0 Å². The van der Waals surface area contributed by atoms with Gasteiger partial charge in [-0.15, -0.1) is 0 Å². The quantitative estimate of drug-likeness (QED) is 0.730. The Balaban J connectivity index is 1.96. The van der Waals surface area contributed by atoms with Crippen LogP contribution in [0.25, 0.3) is 0 Å².